The van der Waals surface area contributed by atoms with Crippen LogP contribution in [0.25, 0.3) is 0 Å². The predicted octanol–water partition coefficient (Wildman–Crippen LogP) is 2.27. The van der Waals surface area contributed by atoms with Crippen molar-refractivity contribution >= 4 is 0 Å². The maximum atomic E-state index is 5.59. The average Bonchev–Trinajstić information content (AvgIpc) is 2.92. The molecule has 1 fully saturated rings. The third-order valence-corrected chi connectivity index (χ3v) is 3.49. The summed E-state index contributed by atoms with van der Waals surface area (Å²) in [5.41, 5.74) is 1.35. The Hall–Kier alpha value is -1.06. The molecule has 1 aromatic rings. The van der Waals surface area contributed by atoms with E-state index in [1.54, 1.807) is 0 Å². The summed E-state index contributed by atoms with van der Waals surface area (Å²) in [6, 6.07) is 9.17. The summed E-state index contributed by atoms with van der Waals surface area (Å²) < 4.78 is 5.59. The first-order valence-electron chi connectivity index (χ1n) is 6.92. The molecule has 18 heavy (non-hydrogen) atoms. The highest BCUT2D eigenvalue weighted by Gasteiger charge is 2.18. The summed E-state index contributed by atoms with van der Waals surface area (Å²) in [7, 11) is 2.21. The van der Waals surface area contributed by atoms with Crippen molar-refractivity contribution in [2.24, 2.45) is 0 Å². The van der Waals surface area contributed by atoms with E-state index in [0.717, 1.165) is 38.4 Å². The number of hydrogen-bond donors (Lipinski definition) is 1. The van der Waals surface area contributed by atoms with E-state index in [2.05, 4.69) is 48.5 Å². The highest BCUT2D eigenvalue weighted by atomic mass is 16.5. The zero-order valence-electron chi connectivity index (χ0n) is 11.5. The van der Waals surface area contributed by atoms with Crippen LogP contribution in [-0.4, -0.2) is 37.7 Å². The van der Waals surface area contributed by atoms with Gasteiger partial charge in [0.25, 0.3) is 0 Å². The SMILES string of the molecule is CCCOc1ccc(CN(C)C2CCNC2)cc1. The molecule has 0 spiro atoms. The second kappa shape index (κ2) is 6.76. The second-order valence-electron chi connectivity index (χ2n) is 5.05. The first-order chi connectivity index (χ1) is 8.79. The molecule has 1 saturated heterocycles. The van der Waals surface area contributed by atoms with Crippen LogP contribution in [0.4, 0.5) is 0 Å². The zero-order chi connectivity index (χ0) is 12.8. The van der Waals surface area contributed by atoms with E-state index < -0.39 is 0 Å². The van der Waals surface area contributed by atoms with Crippen LogP contribution in [0.5, 0.6) is 5.75 Å². The van der Waals surface area contributed by atoms with Gasteiger partial charge in [-0.3, -0.25) is 4.90 Å². The molecule has 0 saturated carbocycles. The largest absolute Gasteiger partial charge is 0.494 e. The van der Waals surface area contributed by atoms with Crippen LogP contribution in [0, 0.1) is 0 Å². The normalized spacial score (nSPS) is 19.4. The molecule has 100 valence electrons. The van der Waals surface area contributed by atoms with Crippen molar-refractivity contribution in [3.63, 3.8) is 0 Å². The molecule has 1 heterocycles. The van der Waals surface area contributed by atoms with Crippen molar-refractivity contribution in [1.29, 1.82) is 0 Å². The van der Waals surface area contributed by atoms with Crippen LogP contribution in [-0.2, 0) is 6.54 Å². The fourth-order valence-corrected chi connectivity index (χ4v) is 2.34. The van der Waals surface area contributed by atoms with Crippen LogP contribution < -0.4 is 10.1 Å². The molecule has 1 aliphatic heterocycles. The molecule has 3 heteroatoms. The topological polar surface area (TPSA) is 24.5 Å². The summed E-state index contributed by atoms with van der Waals surface area (Å²) in [6.45, 7) is 6.21. The molecular weight excluding hydrogens is 224 g/mol. The number of nitrogens with zero attached hydrogens (tertiary/aromatic N) is 1. The molecule has 3 nitrogen and oxygen atoms in total. The summed E-state index contributed by atoms with van der Waals surface area (Å²) in [4.78, 5) is 2.43. The highest BCUT2D eigenvalue weighted by molar-refractivity contribution is 5.27. The van der Waals surface area contributed by atoms with Gasteiger partial charge in [0, 0.05) is 19.1 Å². The standard InChI is InChI=1S/C15H24N2O/c1-3-10-18-15-6-4-13(5-7-15)12-17(2)14-8-9-16-11-14/h4-7,14,16H,3,8-12H2,1-2H3. The van der Waals surface area contributed by atoms with Gasteiger partial charge in [0.2, 0.25) is 0 Å². The van der Waals surface area contributed by atoms with Gasteiger partial charge in [0.15, 0.2) is 0 Å². The first-order valence-corrected chi connectivity index (χ1v) is 6.92. The number of rotatable bonds is 6. The lowest BCUT2D eigenvalue weighted by molar-refractivity contribution is 0.248. The summed E-state index contributed by atoms with van der Waals surface area (Å²) in [6.07, 6.45) is 2.31. The van der Waals surface area contributed by atoms with E-state index in [-0.39, 0.29) is 0 Å². The van der Waals surface area contributed by atoms with Crippen LogP contribution in [0.15, 0.2) is 24.3 Å². The molecule has 0 aliphatic carbocycles. The average molecular weight is 248 g/mol. The molecule has 1 N–H and O–H groups in total. The lowest BCUT2D eigenvalue weighted by atomic mass is 10.1. The van der Waals surface area contributed by atoms with Crippen molar-refractivity contribution < 1.29 is 4.74 Å². The number of nitrogens with one attached hydrogen (secondary N) is 1. The minimum absolute atomic E-state index is 0.681. The highest BCUT2D eigenvalue weighted by Crippen LogP contribution is 2.15. The molecule has 0 bridgehead atoms. The number of likely N-dealkylation sites (N-methyl/N-ethyl adjacent to an activating group) is 1. The summed E-state index contributed by atoms with van der Waals surface area (Å²) in [5.74, 6) is 0.978. The molecule has 1 unspecified atom stereocenters. The number of benzene rings is 1. The molecule has 1 atom stereocenters. The van der Waals surface area contributed by atoms with Crippen molar-refractivity contribution in [2.75, 3.05) is 26.7 Å². The van der Waals surface area contributed by atoms with Crippen LogP contribution in [0.1, 0.15) is 25.3 Å². The minimum Gasteiger partial charge on any atom is -0.494 e. The Kier molecular flexibility index (Phi) is 5.02. The Balaban J connectivity index is 1.85. The fraction of sp³-hybridized carbons (Fsp3) is 0.600. The lowest BCUT2D eigenvalue weighted by Crippen LogP contribution is -2.32. The van der Waals surface area contributed by atoms with E-state index in [1.165, 1.54) is 12.0 Å². The minimum atomic E-state index is 0.681. The van der Waals surface area contributed by atoms with E-state index in [4.69, 9.17) is 4.74 Å². The molecular formula is C15H24N2O. The molecule has 2 rings (SSSR count). The Morgan fingerprint density at radius 2 is 2.11 bits per heavy atom. The van der Waals surface area contributed by atoms with Gasteiger partial charge in [-0.2, -0.15) is 0 Å². The smallest absolute Gasteiger partial charge is 0.119 e. The Labute approximate surface area is 110 Å². The van der Waals surface area contributed by atoms with Gasteiger partial charge in [-0.1, -0.05) is 19.1 Å². The molecule has 0 aromatic heterocycles. The van der Waals surface area contributed by atoms with Crippen molar-refractivity contribution in [1.82, 2.24) is 10.2 Å². The van der Waals surface area contributed by atoms with Crippen molar-refractivity contribution in [3.8, 4) is 5.75 Å². The van der Waals surface area contributed by atoms with Gasteiger partial charge >= 0.3 is 0 Å². The van der Waals surface area contributed by atoms with E-state index >= 15 is 0 Å². The lowest BCUT2D eigenvalue weighted by Gasteiger charge is -2.23. The van der Waals surface area contributed by atoms with E-state index in [9.17, 15) is 0 Å². The molecule has 1 aliphatic rings. The zero-order valence-corrected chi connectivity index (χ0v) is 11.5. The van der Waals surface area contributed by atoms with Crippen molar-refractivity contribution in [2.45, 2.75) is 32.4 Å². The molecule has 1 aromatic carbocycles. The molecule has 0 radical (unpaired) electrons. The van der Waals surface area contributed by atoms with Gasteiger partial charge in [-0.05, 0) is 44.1 Å². The summed E-state index contributed by atoms with van der Waals surface area (Å²) >= 11 is 0. The molecule has 0 amide bonds. The van der Waals surface area contributed by atoms with Gasteiger partial charge in [-0.15, -0.1) is 0 Å². The quantitative estimate of drug-likeness (QED) is 0.836. The Bertz CT molecular complexity index is 344. The van der Waals surface area contributed by atoms with Gasteiger partial charge in [0.05, 0.1) is 6.61 Å². The summed E-state index contributed by atoms with van der Waals surface area (Å²) in [5, 5.41) is 3.41. The van der Waals surface area contributed by atoms with Gasteiger partial charge in [0.1, 0.15) is 5.75 Å². The van der Waals surface area contributed by atoms with Crippen LogP contribution in [0.2, 0.25) is 0 Å². The Morgan fingerprint density at radius 1 is 1.33 bits per heavy atom. The first kappa shape index (κ1) is 13.4. The Morgan fingerprint density at radius 3 is 2.72 bits per heavy atom. The number of hydrogen-bond acceptors (Lipinski definition) is 3. The van der Waals surface area contributed by atoms with Gasteiger partial charge < -0.3 is 10.1 Å². The third-order valence-electron chi connectivity index (χ3n) is 3.49. The van der Waals surface area contributed by atoms with Gasteiger partial charge in [-0.25, -0.2) is 0 Å². The predicted molar refractivity (Wildman–Crippen MR) is 75.0 cm³/mol. The van der Waals surface area contributed by atoms with E-state index in [1.807, 2.05) is 0 Å². The maximum absolute atomic E-state index is 5.59. The third kappa shape index (κ3) is 3.72. The van der Waals surface area contributed by atoms with Crippen molar-refractivity contribution in [3.05, 3.63) is 29.8 Å². The number of ether oxygens (including phenoxy) is 1. The second-order valence-corrected chi connectivity index (χ2v) is 5.05. The fourth-order valence-electron chi connectivity index (χ4n) is 2.34. The van der Waals surface area contributed by atoms with Crippen LogP contribution in [0.3, 0.4) is 0 Å². The van der Waals surface area contributed by atoms with E-state index in [0.29, 0.717) is 6.04 Å². The monoisotopic (exact) mass is 248 g/mol. The maximum Gasteiger partial charge on any atom is 0.119 e. The van der Waals surface area contributed by atoms with Crippen LogP contribution >= 0.6 is 0 Å².